The number of benzene rings is 3. The Labute approximate surface area is 243 Å². The molecule has 2 atom stereocenters. The summed E-state index contributed by atoms with van der Waals surface area (Å²) in [4.78, 5) is 28.6. The maximum Gasteiger partial charge on any atom is 0.264 e. The summed E-state index contributed by atoms with van der Waals surface area (Å²) in [5.41, 5.74) is 2.87. The number of hydrogen-bond acceptors (Lipinski definition) is 4. The molecule has 0 saturated heterocycles. The molecule has 0 aliphatic rings. The first-order valence-corrected chi connectivity index (χ1v) is 15.2. The number of carbonyl (C=O) groups is 2. The summed E-state index contributed by atoms with van der Waals surface area (Å²) in [6.45, 7) is 8.93. The average Bonchev–Trinajstić information content (AvgIpc) is 2.92. The second-order valence-electron chi connectivity index (χ2n) is 10.1. The van der Waals surface area contributed by atoms with Crippen LogP contribution in [0.25, 0.3) is 0 Å². The third kappa shape index (κ3) is 7.86. The van der Waals surface area contributed by atoms with Gasteiger partial charge in [-0.25, -0.2) is 8.42 Å². The highest BCUT2D eigenvalue weighted by Crippen LogP contribution is 2.29. The molecule has 0 aliphatic heterocycles. The van der Waals surface area contributed by atoms with Gasteiger partial charge in [0.15, 0.2) is 0 Å². The maximum atomic E-state index is 14.0. The molecule has 3 aromatic carbocycles. The topological polar surface area (TPSA) is 86.8 Å². The van der Waals surface area contributed by atoms with Gasteiger partial charge in [-0.3, -0.25) is 13.9 Å². The molecule has 0 unspecified atom stereocenters. The Hall–Kier alpha value is -3.36. The van der Waals surface area contributed by atoms with Gasteiger partial charge in [0.2, 0.25) is 11.8 Å². The van der Waals surface area contributed by atoms with Crippen LogP contribution in [0, 0.1) is 13.8 Å². The minimum Gasteiger partial charge on any atom is -0.352 e. The van der Waals surface area contributed by atoms with Crippen LogP contribution in [0.1, 0.15) is 43.9 Å². The Balaban J connectivity index is 2.01. The molecule has 7 nitrogen and oxygen atoms in total. The lowest BCUT2D eigenvalue weighted by Crippen LogP contribution is -2.53. The largest absolute Gasteiger partial charge is 0.352 e. The molecule has 3 rings (SSSR count). The number of carbonyl (C=O) groups excluding carboxylic acids is 2. The van der Waals surface area contributed by atoms with Crippen molar-refractivity contribution in [3.8, 4) is 0 Å². The van der Waals surface area contributed by atoms with Gasteiger partial charge >= 0.3 is 0 Å². The summed E-state index contributed by atoms with van der Waals surface area (Å²) < 4.78 is 29.0. The number of sulfonamides is 1. The number of nitrogens with one attached hydrogen (secondary N) is 1. The SMILES string of the molecule is CC[C@H](C)NC(=O)[C@@H](C)N(CCc1ccccc1)C(=O)CN(c1ccc(Cl)cc1C)S(=O)(=O)c1ccc(C)cc1. The van der Waals surface area contributed by atoms with Crippen molar-refractivity contribution in [3.05, 3.63) is 94.5 Å². The molecular weight excluding hydrogens is 546 g/mol. The summed E-state index contributed by atoms with van der Waals surface area (Å²) in [6.07, 6.45) is 1.26. The first kappa shape index (κ1) is 31.2. The van der Waals surface area contributed by atoms with E-state index in [1.54, 1.807) is 44.2 Å². The number of hydrogen-bond donors (Lipinski definition) is 1. The minimum absolute atomic E-state index is 0.0591. The van der Waals surface area contributed by atoms with Crippen LogP contribution in [-0.2, 0) is 26.0 Å². The number of rotatable bonds is 12. The van der Waals surface area contributed by atoms with E-state index < -0.39 is 28.5 Å². The lowest BCUT2D eigenvalue weighted by Gasteiger charge is -2.33. The molecule has 0 spiro atoms. The summed E-state index contributed by atoms with van der Waals surface area (Å²) in [5, 5.41) is 3.40. The van der Waals surface area contributed by atoms with Crippen LogP contribution < -0.4 is 9.62 Å². The Morgan fingerprint density at radius 1 is 0.950 bits per heavy atom. The molecular formula is C31H38ClN3O4S. The molecule has 2 amide bonds. The Morgan fingerprint density at radius 2 is 1.60 bits per heavy atom. The highest BCUT2D eigenvalue weighted by molar-refractivity contribution is 7.92. The van der Waals surface area contributed by atoms with E-state index in [2.05, 4.69) is 5.32 Å². The van der Waals surface area contributed by atoms with Crippen molar-refractivity contribution in [1.82, 2.24) is 10.2 Å². The third-order valence-electron chi connectivity index (χ3n) is 6.97. The number of amides is 2. The molecule has 0 aromatic heterocycles. The van der Waals surface area contributed by atoms with Crippen molar-refractivity contribution in [3.63, 3.8) is 0 Å². The quantitative estimate of drug-likeness (QED) is 0.304. The summed E-state index contributed by atoms with van der Waals surface area (Å²) in [7, 11) is -4.13. The zero-order valence-corrected chi connectivity index (χ0v) is 25.3. The van der Waals surface area contributed by atoms with E-state index in [0.717, 1.165) is 21.9 Å². The van der Waals surface area contributed by atoms with E-state index >= 15 is 0 Å². The van der Waals surface area contributed by atoms with E-state index in [1.165, 1.54) is 17.0 Å². The van der Waals surface area contributed by atoms with E-state index in [-0.39, 0.29) is 23.4 Å². The van der Waals surface area contributed by atoms with Gasteiger partial charge in [-0.2, -0.15) is 0 Å². The van der Waals surface area contributed by atoms with Gasteiger partial charge in [0.25, 0.3) is 10.0 Å². The van der Waals surface area contributed by atoms with Crippen LogP contribution in [0.4, 0.5) is 5.69 Å². The number of nitrogens with zero attached hydrogens (tertiary/aromatic N) is 2. The molecule has 0 fully saturated rings. The summed E-state index contributed by atoms with van der Waals surface area (Å²) in [5.74, 6) is -0.765. The van der Waals surface area contributed by atoms with Crippen molar-refractivity contribution in [2.75, 3.05) is 17.4 Å². The third-order valence-corrected chi connectivity index (χ3v) is 8.98. The van der Waals surface area contributed by atoms with E-state index in [4.69, 9.17) is 11.6 Å². The van der Waals surface area contributed by atoms with Crippen molar-refractivity contribution in [2.24, 2.45) is 0 Å². The van der Waals surface area contributed by atoms with Crippen molar-refractivity contribution >= 4 is 39.1 Å². The van der Waals surface area contributed by atoms with Gasteiger partial charge in [0.05, 0.1) is 10.6 Å². The molecule has 40 heavy (non-hydrogen) atoms. The average molecular weight is 584 g/mol. The number of aryl methyl sites for hydroxylation is 2. The molecule has 0 bridgehead atoms. The van der Waals surface area contributed by atoms with Crippen LogP contribution in [0.5, 0.6) is 0 Å². The van der Waals surface area contributed by atoms with E-state index in [1.807, 2.05) is 51.1 Å². The monoisotopic (exact) mass is 583 g/mol. The van der Waals surface area contributed by atoms with Crippen LogP contribution in [0.3, 0.4) is 0 Å². The predicted molar refractivity (Wildman–Crippen MR) is 161 cm³/mol. The van der Waals surface area contributed by atoms with Gasteiger partial charge in [0, 0.05) is 17.6 Å². The summed E-state index contributed by atoms with van der Waals surface area (Å²) >= 11 is 6.17. The standard InChI is InChI=1S/C31H38ClN3O4S/c1-6-24(4)33-31(37)25(5)34(19-18-26-10-8-7-9-11-26)30(36)21-35(29-17-14-27(32)20-23(29)3)40(38,39)28-15-12-22(2)13-16-28/h7-17,20,24-25H,6,18-19,21H2,1-5H3,(H,33,37)/t24-,25+/m0/s1. The fourth-order valence-corrected chi connectivity index (χ4v) is 5.99. The molecule has 3 aromatic rings. The Kier molecular flexibility index (Phi) is 10.8. The summed E-state index contributed by atoms with van der Waals surface area (Å²) in [6, 6.07) is 20.2. The zero-order chi connectivity index (χ0) is 29.4. The lowest BCUT2D eigenvalue weighted by atomic mass is 10.1. The smallest absolute Gasteiger partial charge is 0.264 e. The van der Waals surface area contributed by atoms with Crippen LogP contribution >= 0.6 is 11.6 Å². The fraction of sp³-hybridized carbons (Fsp3) is 0.355. The van der Waals surface area contributed by atoms with E-state index in [0.29, 0.717) is 22.7 Å². The van der Waals surface area contributed by atoms with Gasteiger partial charge in [-0.05, 0) is 82.0 Å². The van der Waals surface area contributed by atoms with Gasteiger partial charge < -0.3 is 10.2 Å². The van der Waals surface area contributed by atoms with Gasteiger partial charge in [-0.15, -0.1) is 0 Å². The first-order chi connectivity index (χ1) is 18.9. The Bertz CT molecular complexity index is 1410. The molecule has 0 radical (unpaired) electrons. The molecule has 0 saturated carbocycles. The number of anilines is 1. The molecule has 0 aliphatic carbocycles. The lowest BCUT2D eigenvalue weighted by molar-refractivity contribution is -0.139. The molecule has 0 heterocycles. The molecule has 1 N–H and O–H groups in total. The number of halogens is 1. The van der Waals surface area contributed by atoms with Crippen LogP contribution in [-0.4, -0.2) is 50.3 Å². The zero-order valence-electron chi connectivity index (χ0n) is 23.7. The second-order valence-corrected chi connectivity index (χ2v) is 12.4. The van der Waals surface area contributed by atoms with Crippen LogP contribution in [0.2, 0.25) is 5.02 Å². The van der Waals surface area contributed by atoms with Crippen molar-refractivity contribution in [2.45, 2.75) is 64.4 Å². The highest BCUT2D eigenvalue weighted by Gasteiger charge is 2.33. The normalized spacial score (nSPS) is 12.8. The fourth-order valence-electron chi connectivity index (χ4n) is 4.29. The van der Waals surface area contributed by atoms with Crippen molar-refractivity contribution < 1.29 is 18.0 Å². The van der Waals surface area contributed by atoms with Gasteiger partial charge in [0.1, 0.15) is 12.6 Å². The first-order valence-electron chi connectivity index (χ1n) is 13.4. The Morgan fingerprint density at radius 3 is 2.20 bits per heavy atom. The van der Waals surface area contributed by atoms with Crippen molar-refractivity contribution in [1.29, 1.82) is 0 Å². The molecule has 214 valence electrons. The maximum absolute atomic E-state index is 14.0. The van der Waals surface area contributed by atoms with Gasteiger partial charge in [-0.1, -0.05) is 66.6 Å². The van der Waals surface area contributed by atoms with E-state index in [9.17, 15) is 18.0 Å². The minimum atomic E-state index is -4.13. The predicted octanol–water partition coefficient (Wildman–Crippen LogP) is 5.53. The molecule has 9 heteroatoms. The van der Waals surface area contributed by atoms with Crippen LogP contribution in [0.15, 0.2) is 77.7 Å². The second kappa shape index (κ2) is 13.8. The highest BCUT2D eigenvalue weighted by atomic mass is 35.5.